The molecule has 29 heavy (non-hydrogen) atoms. The van der Waals surface area contributed by atoms with Crippen molar-refractivity contribution in [1.82, 2.24) is 20.1 Å². The molecule has 3 aliphatic heterocycles. The number of aryl methyl sites for hydroxylation is 2. The highest BCUT2D eigenvalue weighted by Gasteiger charge is 2.34. The lowest BCUT2D eigenvalue weighted by Crippen LogP contribution is -2.50. The van der Waals surface area contributed by atoms with Crippen molar-refractivity contribution in [3.8, 4) is 0 Å². The van der Waals surface area contributed by atoms with Crippen LogP contribution in [-0.2, 0) is 4.74 Å². The summed E-state index contributed by atoms with van der Waals surface area (Å²) >= 11 is 0. The summed E-state index contributed by atoms with van der Waals surface area (Å²) in [6.07, 6.45) is 1.67. The number of hydrogen-bond acceptors (Lipinski definition) is 7. The summed E-state index contributed by atoms with van der Waals surface area (Å²) in [5.74, 6) is 2.39. The van der Waals surface area contributed by atoms with Crippen molar-refractivity contribution >= 4 is 17.6 Å². The molecule has 1 amide bonds. The summed E-state index contributed by atoms with van der Waals surface area (Å²) in [6, 6.07) is 4.27. The quantitative estimate of drug-likeness (QED) is 0.714. The standard InChI is InChI=1S/C20H28N6O3/c1-13-4-5-16(14(2)23-13)24-18-17-19(22-12-21-18)26(8-3-11-29-17)15-6-9-25(10-7-15)20(27)28/h4-5,15,21,24H,3,6-12H2,1-2H3,(H,27,28). The first-order valence-corrected chi connectivity index (χ1v) is 10.1. The second-order valence-corrected chi connectivity index (χ2v) is 7.63. The fourth-order valence-corrected chi connectivity index (χ4v) is 4.11. The van der Waals surface area contributed by atoms with E-state index in [0.717, 1.165) is 60.3 Å². The normalized spacial score (nSPS) is 20.3. The minimum atomic E-state index is -0.837. The lowest BCUT2D eigenvalue weighted by Gasteiger charge is -2.39. The second-order valence-electron chi connectivity index (χ2n) is 7.63. The number of amidine groups is 1. The van der Waals surface area contributed by atoms with Crippen molar-refractivity contribution in [2.24, 2.45) is 4.99 Å². The molecule has 3 N–H and O–H groups in total. The van der Waals surface area contributed by atoms with Crippen molar-refractivity contribution in [2.45, 2.75) is 39.2 Å². The molecule has 0 spiro atoms. The first-order valence-electron chi connectivity index (χ1n) is 10.1. The number of nitrogens with one attached hydrogen (secondary N) is 2. The molecule has 0 atom stereocenters. The summed E-state index contributed by atoms with van der Waals surface area (Å²) in [5.41, 5.74) is 2.84. The molecule has 0 radical (unpaired) electrons. The average Bonchev–Trinajstić information content (AvgIpc) is 2.93. The number of rotatable bonds is 3. The van der Waals surface area contributed by atoms with Gasteiger partial charge in [-0.2, -0.15) is 0 Å². The van der Waals surface area contributed by atoms with Crippen LogP contribution >= 0.6 is 0 Å². The van der Waals surface area contributed by atoms with Crippen LogP contribution < -0.4 is 10.6 Å². The van der Waals surface area contributed by atoms with E-state index in [9.17, 15) is 9.90 Å². The molecule has 1 aromatic rings. The van der Waals surface area contributed by atoms with Gasteiger partial charge in [-0.1, -0.05) is 0 Å². The van der Waals surface area contributed by atoms with Crippen LogP contribution in [0.5, 0.6) is 0 Å². The maximum Gasteiger partial charge on any atom is 0.407 e. The lowest BCUT2D eigenvalue weighted by atomic mass is 10.0. The molecule has 9 heteroatoms. The van der Waals surface area contributed by atoms with E-state index in [1.54, 1.807) is 0 Å². The zero-order valence-electron chi connectivity index (χ0n) is 16.9. The topological polar surface area (TPSA) is 102 Å². The number of carboxylic acid groups (broad SMARTS) is 1. The van der Waals surface area contributed by atoms with Crippen LogP contribution in [0.25, 0.3) is 0 Å². The van der Waals surface area contributed by atoms with E-state index in [2.05, 4.69) is 20.5 Å². The van der Waals surface area contributed by atoms with Gasteiger partial charge in [0.15, 0.2) is 11.7 Å². The second kappa shape index (κ2) is 8.18. The minimum Gasteiger partial charge on any atom is -0.486 e. The Bertz CT molecular complexity index is 845. The molecule has 156 valence electrons. The number of anilines is 1. The van der Waals surface area contributed by atoms with E-state index in [0.29, 0.717) is 26.4 Å². The Labute approximate surface area is 170 Å². The Hall–Kier alpha value is -2.97. The first kappa shape index (κ1) is 19.4. The fourth-order valence-electron chi connectivity index (χ4n) is 4.11. The van der Waals surface area contributed by atoms with E-state index in [1.165, 1.54) is 4.90 Å². The summed E-state index contributed by atoms with van der Waals surface area (Å²) in [5, 5.41) is 16.0. The molecule has 1 aromatic heterocycles. The number of nitrogens with zero attached hydrogens (tertiary/aromatic N) is 4. The molecule has 0 unspecified atom stereocenters. The van der Waals surface area contributed by atoms with Gasteiger partial charge in [0.25, 0.3) is 0 Å². The Balaban J connectivity index is 1.56. The van der Waals surface area contributed by atoms with Crippen LogP contribution in [0, 0.1) is 13.8 Å². The van der Waals surface area contributed by atoms with E-state index >= 15 is 0 Å². The predicted octanol–water partition coefficient (Wildman–Crippen LogP) is 2.10. The molecule has 3 aliphatic rings. The van der Waals surface area contributed by atoms with Gasteiger partial charge in [-0.15, -0.1) is 0 Å². The number of carbonyl (C=O) groups is 1. The van der Waals surface area contributed by atoms with Gasteiger partial charge < -0.3 is 30.3 Å². The van der Waals surface area contributed by atoms with Gasteiger partial charge in [0.05, 0.1) is 18.0 Å². The number of hydrogen-bond donors (Lipinski definition) is 3. The first-order chi connectivity index (χ1) is 14.0. The molecular weight excluding hydrogens is 372 g/mol. The van der Waals surface area contributed by atoms with Crippen LogP contribution in [0.15, 0.2) is 28.7 Å². The number of ether oxygens (including phenoxy) is 1. The number of pyridine rings is 1. The molecular formula is C20H28N6O3. The van der Waals surface area contributed by atoms with Crippen LogP contribution in [0.2, 0.25) is 0 Å². The van der Waals surface area contributed by atoms with Gasteiger partial charge in [0.2, 0.25) is 5.76 Å². The molecule has 0 saturated carbocycles. The number of aromatic nitrogens is 1. The van der Waals surface area contributed by atoms with E-state index in [1.807, 2.05) is 26.0 Å². The number of fused-ring (bicyclic) bond motifs is 1. The Morgan fingerprint density at radius 1 is 1.28 bits per heavy atom. The van der Waals surface area contributed by atoms with Crippen molar-refractivity contribution in [1.29, 1.82) is 0 Å². The maximum atomic E-state index is 11.2. The van der Waals surface area contributed by atoms with Crippen LogP contribution in [-0.4, -0.2) is 70.8 Å². The zero-order chi connectivity index (χ0) is 20.4. The Morgan fingerprint density at radius 2 is 2.07 bits per heavy atom. The highest BCUT2D eigenvalue weighted by atomic mass is 16.5. The van der Waals surface area contributed by atoms with Crippen molar-refractivity contribution in [3.63, 3.8) is 0 Å². The van der Waals surface area contributed by atoms with Crippen molar-refractivity contribution in [2.75, 3.05) is 38.2 Å². The Morgan fingerprint density at radius 3 is 2.79 bits per heavy atom. The number of likely N-dealkylation sites (tertiary alicyclic amines) is 1. The number of amides is 1. The third-order valence-electron chi connectivity index (χ3n) is 5.64. The third-order valence-corrected chi connectivity index (χ3v) is 5.64. The highest BCUT2D eigenvalue weighted by Crippen LogP contribution is 2.26. The lowest BCUT2D eigenvalue weighted by molar-refractivity contribution is 0.116. The van der Waals surface area contributed by atoms with Gasteiger partial charge in [-0.25, -0.2) is 9.79 Å². The van der Waals surface area contributed by atoms with Gasteiger partial charge in [0, 0.05) is 31.4 Å². The fraction of sp³-hybridized carbons (Fsp3) is 0.550. The van der Waals surface area contributed by atoms with E-state index in [-0.39, 0.29) is 6.04 Å². The Kier molecular flexibility index (Phi) is 5.46. The molecule has 0 aliphatic carbocycles. The van der Waals surface area contributed by atoms with Crippen molar-refractivity contribution < 1.29 is 14.6 Å². The number of piperidine rings is 1. The smallest absolute Gasteiger partial charge is 0.407 e. The van der Waals surface area contributed by atoms with Gasteiger partial charge in [0.1, 0.15) is 6.67 Å². The summed E-state index contributed by atoms with van der Waals surface area (Å²) < 4.78 is 6.09. The highest BCUT2D eigenvalue weighted by molar-refractivity contribution is 5.98. The minimum absolute atomic E-state index is 0.267. The molecule has 0 bridgehead atoms. The molecule has 4 heterocycles. The van der Waals surface area contributed by atoms with E-state index < -0.39 is 6.09 Å². The zero-order valence-corrected chi connectivity index (χ0v) is 16.9. The van der Waals surface area contributed by atoms with Gasteiger partial charge in [-0.05, 0) is 45.2 Å². The van der Waals surface area contributed by atoms with Crippen molar-refractivity contribution in [3.05, 3.63) is 35.1 Å². The molecule has 4 rings (SSSR count). The largest absolute Gasteiger partial charge is 0.486 e. The molecule has 0 aromatic carbocycles. The van der Waals surface area contributed by atoms with Crippen LogP contribution in [0.3, 0.4) is 0 Å². The average molecular weight is 400 g/mol. The number of aliphatic imine (C=N–C) groups is 1. The summed E-state index contributed by atoms with van der Waals surface area (Å²) in [7, 11) is 0. The summed E-state index contributed by atoms with van der Waals surface area (Å²) in [6.45, 7) is 7.02. The SMILES string of the molecule is Cc1ccc(NC2=C3OCCCN(C4CCN(C(=O)O)CC4)C3=NCN2)c(C)n1. The monoisotopic (exact) mass is 400 g/mol. The van der Waals surface area contributed by atoms with Crippen LogP contribution in [0.1, 0.15) is 30.7 Å². The third kappa shape index (κ3) is 4.08. The predicted molar refractivity (Wildman–Crippen MR) is 110 cm³/mol. The summed E-state index contributed by atoms with van der Waals surface area (Å²) in [4.78, 5) is 24.3. The maximum absolute atomic E-state index is 11.2. The van der Waals surface area contributed by atoms with Crippen LogP contribution in [0.4, 0.5) is 10.5 Å². The molecule has 2 saturated heterocycles. The van der Waals surface area contributed by atoms with Gasteiger partial charge in [-0.3, -0.25) is 4.98 Å². The van der Waals surface area contributed by atoms with Gasteiger partial charge >= 0.3 is 6.09 Å². The van der Waals surface area contributed by atoms with E-state index in [4.69, 9.17) is 9.73 Å². The molecule has 9 nitrogen and oxygen atoms in total. The molecule has 2 fully saturated rings.